The van der Waals surface area contributed by atoms with E-state index in [1.807, 2.05) is 24.1 Å². The SMILES string of the molecule is CN(c1ccc(-c2ccc(-n3ccnn3)cc2O)nn1)[C@@H]1CC2CCCC(N2)[C@@H]1F. The summed E-state index contributed by atoms with van der Waals surface area (Å²) < 4.78 is 16.6. The number of benzene rings is 1. The van der Waals surface area contributed by atoms with Crippen LogP contribution in [0.3, 0.4) is 0 Å². The Morgan fingerprint density at radius 2 is 2.10 bits per heavy atom. The number of aromatic nitrogens is 5. The molecule has 4 heterocycles. The highest BCUT2D eigenvalue weighted by molar-refractivity contribution is 5.69. The molecule has 2 fully saturated rings. The van der Waals surface area contributed by atoms with Gasteiger partial charge in [-0.15, -0.1) is 15.3 Å². The molecule has 2 aliphatic heterocycles. The van der Waals surface area contributed by atoms with E-state index in [0.29, 0.717) is 28.8 Å². The number of piperidine rings is 2. The molecule has 8 nitrogen and oxygen atoms in total. The predicted octanol–water partition coefficient (Wildman–Crippen LogP) is 2.49. The summed E-state index contributed by atoms with van der Waals surface area (Å²) in [5, 5.41) is 30.2. The van der Waals surface area contributed by atoms with Gasteiger partial charge < -0.3 is 15.3 Å². The molecule has 1 aromatic carbocycles. The summed E-state index contributed by atoms with van der Waals surface area (Å²) in [6, 6.07) is 8.92. The minimum atomic E-state index is -0.929. The molecule has 0 amide bonds. The molecular weight excluding hydrogens is 385 g/mol. The van der Waals surface area contributed by atoms with Crippen molar-refractivity contribution in [1.82, 2.24) is 30.5 Å². The van der Waals surface area contributed by atoms with Crippen LogP contribution in [0.2, 0.25) is 0 Å². The van der Waals surface area contributed by atoms with Crippen LogP contribution in [-0.4, -0.2) is 61.6 Å². The van der Waals surface area contributed by atoms with Crippen LogP contribution < -0.4 is 10.2 Å². The second-order valence-corrected chi connectivity index (χ2v) is 8.09. The fourth-order valence-corrected chi connectivity index (χ4v) is 4.60. The molecule has 4 atom stereocenters. The number of rotatable bonds is 4. The van der Waals surface area contributed by atoms with E-state index in [1.54, 1.807) is 35.3 Å². The van der Waals surface area contributed by atoms with Crippen molar-refractivity contribution in [2.75, 3.05) is 11.9 Å². The van der Waals surface area contributed by atoms with E-state index in [0.717, 1.165) is 25.7 Å². The number of anilines is 1. The first-order valence-corrected chi connectivity index (χ1v) is 10.3. The topological polar surface area (TPSA) is 92.0 Å². The monoisotopic (exact) mass is 409 g/mol. The average molecular weight is 409 g/mol. The Morgan fingerprint density at radius 1 is 1.20 bits per heavy atom. The van der Waals surface area contributed by atoms with E-state index in [4.69, 9.17) is 0 Å². The summed E-state index contributed by atoms with van der Waals surface area (Å²) in [6.07, 6.45) is 6.18. The van der Waals surface area contributed by atoms with E-state index in [1.165, 1.54) is 0 Å². The third-order valence-corrected chi connectivity index (χ3v) is 6.25. The van der Waals surface area contributed by atoms with Crippen molar-refractivity contribution in [3.8, 4) is 22.7 Å². The lowest BCUT2D eigenvalue weighted by molar-refractivity contribution is 0.107. The number of hydrogen-bond donors (Lipinski definition) is 2. The van der Waals surface area contributed by atoms with Crippen molar-refractivity contribution < 1.29 is 9.50 Å². The fraction of sp³-hybridized carbons (Fsp3) is 0.429. The molecule has 2 aliphatic rings. The van der Waals surface area contributed by atoms with Gasteiger partial charge in [0.2, 0.25) is 0 Å². The number of alkyl halides is 1. The second-order valence-electron chi connectivity index (χ2n) is 8.09. The van der Waals surface area contributed by atoms with Gasteiger partial charge in [-0.3, -0.25) is 0 Å². The Kier molecular flexibility index (Phi) is 4.82. The first kappa shape index (κ1) is 18.9. The molecule has 2 N–H and O–H groups in total. The molecule has 30 heavy (non-hydrogen) atoms. The number of halogens is 1. The summed E-state index contributed by atoms with van der Waals surface area (Å²) in [5.41, 5.74) is 1.82. The highest BCUT2D eigenvalue weighted by Crippen LogP contribution is 2.33. The Bertz CT molecular complexity index is 1010. The molecule has 0 radical (unpaired) electrons. The highest BCUT2D eigenvalue weighted by atomic mass is 19.1. The van der Waals surface area contributed by atoms with Gasteiger partial charge in [-0.2, -0.15) is 0 Å². The zero-order chi connectivity index (χ0) is 20.7. The van der Waals surface area contributed by atoms with Crippen molar-refractivity contribution in [2.45, 2.75) is 50.0 Å². The lowest BCUT2D eigenvalue weighted by Crippen LogP contribution is -2.61. The van der Waals surface area contributed by atoms with Gasteiger partial charge in [0.05, 0.1) is 29.8 Å². The van der Waals surface area contributed by atoms with E-state index in [-0.39, 0.29) is 17.8 Å². The third kappa shape index (κ3) is 3.39. The molecule has 0 spiro atoms. The predicted molar refractivity (Wildman–Crippen MR) is 110 cm³/mol. The van der Waals surface area contributed by atoms with Gasteiger partial charge in [0.1, 0.15) is 11.9 Å². The molecule has 0 saturated carbocycles. The zero-order valence-corrected chi connectivity index (χ0v) is 16.7. The number of hydrogen-bond acceptors (Lipinski definition) is 7. The van der Waals surface area contributed by atoms with Crippen LogP contribution in [0.25, 0.3) is 16.9 Å². The molecule has 2 bridgehead atoms. The normalized spacial score (nSPS) is 25.8. The van der Waals surface area contributed by atoms with E-state index >= 15 is 4.39 Å². The molecule has 0 aliphatic carbocycles. The Labute approximate surface area is 173 Å². The van der Waals surface area contributed by atoms with Gasteiger partial charge in [0.25, 0.3) is 0 Å². The summed E-state index contributed by atoms with van der Waals surface area (Å²) in [6.45, 7) is 0. The van der Waals surface area contributed by atoms with Crippen LogP contribution in [0, 0.1) is 0 Å². The third-order valence-electron chi connectivity index (χ3n) is 6.25. The van der Waals surface area contributed by atoms with Gasteiger partial charge in [0.15, 0.2) is 5.82 Å². The Balaban J connectivity index is 1.35. The number of phenolic OH excluding ortho intramolecular Hbond substituents is 1. The van der Waals surface area contributed by atoms with Crippen LogP contribution in [0.15, 0.2) is 42.7 Å². The van der Waals surface area contributed by atoms with Crippen LogP contribution in [0.1, 0.15) is 25.7 Å². The van der Waals surface area contributed by atoms with Gasteiger partial charge in [-0.25, -0.2) is 9.07 Å². The maximum Gasteiger partial charge on any atom is 0.151 e. The van der Waals surface area contributed by atoms with Gasteiger partial charge >= 0.3 is 0 Å². The average Bonchev–Trinajstić information content (AvgIpc) is 3.31. The van der Waals surface area contributed by atoms with Gasteiger partial charge in [-0.05, 0) is 43.5 Å². The minimum Gasteiger partial charge on any atom is -0.507 e. The number of phenols is 1. The van der Waals surface area contributed by atoms with Gasteiger partial charge in [0, 0.05) is 30.8 Å². The Hall–Kier alpha value is -3.07. The largest absolute Gasteiger partial charge is 0.507 e. The van der Waals surface area contributed by atoms with Crippen LogP contribution >= 0.6 is 0 Å². The molecule has 2 unspecified atom stereocenters. The molecule has 5 rings (SSSR count). The summed E-state index contributed by atoms with van der Waals surface area (Å²) in [7, 11) is 1.88. The quantitative estimate of drug-likeness (QED) is 0.684. The Morgan fingerprint density at radius 3 is 2.83 bits per heavy atom. The lowest BCUT2D eigenvalue weighted by Gasteiger charge is -2.46. The first-order chi connectivity index (χ1) is 14.6. The summed E-state index contributed by atoms with van der Waals surface area (Å²) in [4.78, 5) is 1.90. The lowest BCUT2D eigenvalue weighted by atomic mass is 9.82. The molecular formula is C21H24FN7O. The number of nitrogens with zero attached hydrogens (tertiary/aromatic N) is 6. The van der Waals surface area contributed by atoms with Crippen LogP contribution in [0.4, 0.5) is 10.2 Å². The van der Waals surface area contributed by atoms with Crippen molar-refractivity contribution in [2.24, 2.45) is 0 Å². The highest BCUT2D eigenvalue weighted by Gasteiger charge is 2.41. The minimum absolute atomic E-state index is 0.0716. The molecule has 9 heteroatoms. The van der Waals surface area contributed by atoms with Crippen molar-refractivity contribution in [3.05, 3.63) is 42.7 Å². The first-order valence-electron chi connectivity index (χ1n) is 10.3. The molecule has 3 aromatic rings. The van der Waals surface area contributed by atoms with Crippen LogP contribution in [0.5, 0.6) is 5.75 Å². The zero-order valence-electron chi connectivity index (χ0n) is 16.7. The number of aromatic hydroxyl groups is 1. The van der Waals surface area contributed by atoms with E-state index in [2.05, 4.69) is 25.8 Å². The number of nitrogens with one attached hydrogen (secondary N) is 1. The maximum absolute atomic E-state index is 15.0. The van der Waals surface area contributed by atoms with Gasteiger partial charge in [-0.1, -0.05) is 11.6 Å². The van der Waals surface area contributed by atoms with Crippen molar-refractivity contribution in [1.29, 1.82) is 0 Å². The maximum atomic E-state index is 15.0. The molecule has 2 saturated heterocycles. The fourth-order valence-electron chi connectivity index (χ4n) is 4.60. The smallest absolute Gasteiger partial charge is 0.151 e. The van der Waals surface area contributed by atoms with E-state index in [9.17, 15) is 5.11 Å². The summed E-state index contributed by atoms with van der Waals surface area (Å²) >= 11 is 0. The standard InChI is InChI=1S/C21H24FN7O/c1-28(18-11-13-3-2-4-17(24-13)21(18)22)20-8-7-16(25-26-20)15-6-5-14(12-19(15)30)29-10-9-23-27-29/h5-10,12-13,17-18,21,24,30H,2-4,11H2,1H3/t13?,17?,18-,21+/m1/s1. The van der Waals surface area contributed by atoms with Crippen molar-refractivity contribution in [3.63, 3.8) is 0 Å². The summed E-state index contributed by atoms with van der Waals surface area (Å²) in [5.74, 6) is 0.707. The van der Waals surface area contributed by atoms with Crippen LogP contribution in [-0.2, 0) is 0 Å². The van der Waals surface area contributed by atoms with Crippen molar-refractivity contribution >= 4 is 5.82 Å². The van der Waals surface area contributed by atoms with E-state index < -0.39 is 6.17 Å². The molecule has 156 valence electrons. The number of fused-ring (bicyclic) bond motifs is 2. The molecule has 2 aromatic heterocycles. The second kappa shape index (κ2) is 7.64.